The number of carbonyl (C=O) groups is 2. The van der Waals surface area contributed by atoms with E-state index in [2.05, 4.69) is 24.5 Å². The van der Waals surface area contributed by atoms with E-state index in [0.717, 1.165) is 32.2 Å². The first kappa shape index (κ1) is 18.7. The van der Waals surface area contributed by atoms with Crippen LogP contribution in [0, 0.1) is 5.92 Å². The van der Waals surface area contributed by atoms with Gasteiger partial charge in [0.15, 0.2) is 0 Å². The molecule has 0 spiro atoms. The van der Waals surface area contributed by atoms with E-state index < -0.39 is 5.97 Å². The van der Waals surface area contributed by atoms with Crippen molar-refractivity contribution in [1.82, 2.24) is 10.6 Å². The Morgan fingerprint density at radius 2 is 1.70 bits per heavy atom. The van der Waals surface area contributed by atoms with Gasteiger partial charge in [0.25, 0.3) is 0 Å². The molecular weight excluding hydrogens is 256 g/mol. The number of carboxylic acids is 1. The van der Waals surface area contributed by atoms with Gasteiger partial charge in [0, 0.05) is 19.5 Å². The number of unbranched alkanes of at least 4 members (excludes halogenated alkanes) is 3. The lowest BCUT2D eigenvalue weighted by Gasteiger charge is -2.14. The Kier molecular flexibility index (Phi) is 12.0. The van der Waals surface area contributed by atoms with E-state index >= 15 is 0 Å². The summed E-state index contributed by atoms with van der Waals surface area (Å²) in [5, 5.41) is 14.3. The summed E-state index contributed by atoms with van der Waals surface area (Å²) in [6, 6.07) is -0.116. The molecule has 0 saturated carbocycles. The number of hydrogen-bond donors (Lipinski definition) is 3. The highest BCUT2D eigenvalue weighted by Gasteiger charge is 2.09. The zero-order valence-corrected chi connectivity index (χ0v) is 12.9. The lowest BCUT2D eigenvalue weighted by atomic mass is 9.97. The van der Waals surface area contributed by atoms with Crippen LogP contribution in [0.25, 0.3) is 0 Å². The minimum Gasteiger partial charge on any atom is -0.481 e. The molecule has 1 unspecified atom stereocenters. The molecule has 1 atom stereocenters. The Balaban J connectivity index is 3.55. The lowest BCUT2D eigenvalue weighted by Crippen LogP contribution is -2.37. The summed E-state index contributed by atoms with van der Waals surface area (Å²) >= 11 is 0. The zero-order chi connectivity index (χ0) is 15.2. The molecule has 0 aromatic carbocycles. The van der Waals surface area contributed by atoms with Crippen LogP contribution in [0.15, 0.2) is 0 Å². The van der Waals surface area contributed by atoms with E-state index in [-0.39, 0.29) is 12.5 Å². The monoisotopic (exact) mass is 286 g/mol. The maximum absolute atomic E-state index is 11.5. The van der Waals surface area contributed by atoms with Gasteiger partial charge in [-0.1, -0.05) is 39.5 Å². The number of carboxylic acid groups (broad SMARTS) is 1. The molecular formula is C15H30N2O3. The molecule has 20 heavy (non-hydrogen) atoms. The van der Waals surface area contributed by atoms with Crippen LogP contribution in [0.2, 0.25) is 0 Å². The fourth-order valence-corrected chi connectivity index (χ4v) is 2.09. The van der Waals surface area contributed by atoms with Gasteiger partial charge in [0.05, 0.1) is 0 Å². The Morgan fingerprint density at radius 3 is 2.30 bits per heavy atom. The van der Waals surface area contributed by atoms with E-state index in [1.165, 1.54) is 12.8 Å². The Labute approximate surface area is 122 Å². The van der Waals surface area contributed by atoms with Gasteiger partial charge in [-0.3, -0.25) is 4.79 Å². The standard InChI is InChI=1S/C15H30N2O3/c1-3-5-6-7-11-16-15(20)17-12-10-13(4-2)8-9-14(18)19/h13H,3-12H2,1-2H3,(H,18,19)(H2,16,17,20). The summed E-state index contributed by atoms with van der Waals surface area (Å²) in [7, 11) is 0. The Morgan fingerprint density at radius 1 is 1.00 bits per heavy atom. The first-order valence-corrected chi connectivity index (χ1v) is 7.83. The van der Waals surface area contributed by atoms with Crippen molar-refractivity contribution >= 4 is 12.0 Å². The normalized spacial score (nSPS) is 11.9. The summed E-state index contributed by atoms with van der Waals surface area (Å²) < 4.78 is 0. The second-order valence-corrected chi connectivity index (χ2v) is 5.24. The molecule has 0 aromatic rings. The van der Waals surface area contributed by atoms with Gasteiger partial charge in [-0.25, -0.2) is 4.79 Å². The van der Waals surface area contributed by atoms with E-state index in [1.54, 1.807) is 0 Å². The lowest BCUT2D eigenvalue weighted by molar-refractivity contribution is -0.137. The van der Waals surface area contributed by atoms with Crippen LogP contribution in [0.5, 0.6) is 0 Å². The molecule has 5 nitrogen and oxygen atoms in total. The van der Waals surface area contributed by atoms with Crippen LogP contribution >= 0.6 is 0 Å². The highest BCUT2D eigenvalue weighted by molar-refractivity contribution is 5.73. The molecule has 2 amide bonds. The maximum atomic E-state index is 11.5. The van der Waals surface area contributed by atoms with Crippen molar-refractivity contribution in [2.45, 2.75) is 65.2 Å². The van der Waals surface area contributed by atoms with Gasteiger partial charge in [0.2, 0.25) is 0 Å². The highest BCUT2D eigenvalue weighted by atomic mass is 16.4. The third-order valence-electron chi connectivity index (χ3n) is 3.50. The second-order valence-electron chi connectivity index (χ2n) is 5.24. The number of nitrogens with one attached hydrogen (secondary N) is 2. The molecule has 3 N–H and O–H groups in total. The van der Waals surface area contributed by atoms with Crippen molar-refractivity contribution in [3.8, 4) is 0 Å². The van der Waals surface area contributed by atoms with Crippen LogP contribution in [0.3, 0.4) is 0 Å². The number of rotatable bonds is 12. The summed E-state index contributed by atoms with van der Waals surface area (Å²) in [5.41, 5.74) is 0. The average Bonchev–Trinajstić information content (AvgIpc) is 2.42. The largest absolute Gasteiger partial charge is 0.481 e. The topological polar surface area (TPSA) is 78.4 Å². The molecule has 5 heteroatoms. The zero-order valence-electron chi connectivity index (χ0n) is 12.9. The summed E-state index contributed by atoms with van der Waals surface area (Å²) in [6.07, 6.45) is 7.28. The molecule has 0 rings (SSSR count). The first-order valence-electron chi connectivity index (χ1n) is 7.83. The van der Waals surface area contributed by atoms with Crippen LogP contribution in [0.1, 0.15) is 65.2 Å². The van der Waals surface area contributed by atoms with Crippen LogP contribution in [-0.2, 0) is 4.79 Å². The van der Waals surface area contributed by atoms with Gasteiger partial charge in [0.1, 0.15) is 0 Å². The average molecular weight is 286 g/mol. The number of aliphatic carboxylic acids is 1. The quantitative estimate of drug-likeness (QED) is 0.482. The van der Waals surface area contributed by atoms with E-state index in [0.29, 0.717) is 18.9 Å². The summed E-state index contributed by atoms with van der Waals surface area (Å²) in [6.45, 7) is 5.55. The first-order chi connectivity index (χ1) is 9.60. The van der Waals surface area contributed by atoms with Crippen LogP contribution in [0.4, 0.5) is 4.79 Å². The maximum Gasteiger partial charge on any atom is 0.314 e. The predicted octanol–water partition coefficient (Wildman–Crippen LogP) is 3.15. The van der Waals surface area contributed by atoms with E-state index in [1.807, 2.05) is 0 Å². The summed E-state index contributed by atoms with van der Waals surface area (Å²) in [5.74, 6) is -0.378. The molecule has 0 aliphatic rings. The third kappa shape index (κ3) is 11.8. The SMILES string of the molecule is CCCCCCNC(=O)NCCC(CC)CCC(=O)O. The minimum absolute atomic E-state index is 0.116. The fraction of sp³-hybridized carbons (Fsp3) is 0.867. The van der Waals surface area contributed by atoms with Crippen molar-refractivity contribution in [2.24, 2.45) is 5.92 Å². The van der Waals surface area contributed by atoms with Crippen molar-refractivity contribution in [3.05, 3.63) is 0 Å². The Bertz CT molecular complexity index is 270. The smallest absolute Gasteiger partial charge is 0.314 e. The van der Waals surface area contributed by atoms with Crippen molar-refractivity contribution in [3.63, 3.8) is 0 Å². The minimum atomic E-state index is -0.749. The molecule has 0 aromatic heterocycles. The third-order valence-corrected chi connectivity index (χ3v) is 3.50. The Hall–Kier alpha value is -1.26. The number of amides is 2. The summed E-state index contributed by atoms with van der Waals surface area (Å²) in [4.78, 5) is 22.0. The molecule has 0 aliphatic carbocycles. The van der Waals surface area contributed by atoms with Gasteiger partial charge in [-0.05, 0) is 25.2 Å². The van der Waals surface area contributed by atoms with Crippen LogP contribution in [-0.4, -0.2) is 30.2 Å². The molecule has 0 aliphatic heterocycles. The predicted molar refractivity (Wildman–Crippen MR) is 80.8 cm³/mol. The van der Waals surface area contributed by atoms with Gasteiger partial charge < -0.3 is 15.7 Å². The number of urea groups is 1. The van der Waals surface area contributed by atoms with E-state index in [4.69, 9.17) is 5.11 Å². The van der Waals surface area contributed by atoms with Crippen molar-refractivity contribution in [2.75, 3.05) is 13.1 Å². The van der Waals surface area contributed by atoms with Gasteiger partial charge in [-0.2, -0.15) is 0 Å². The van der Waals surface area contributed by atoms with Gasteiger partial charge >= 0.3 is 12.0 Å². The molecule has 0 heterocycles. The number of hydrogen-bond acceptors (Lipinski definition) is 2. The van der Waals surface area contributed by atoms with Gasteiger partial charge in [-0.15, -0.1) is 0 Å². The fourth-order valence-electron chi connectivity index (χ4n) is 2.09. The number of carbonyl (C=O) groups excluding carboxylic acids is 1. The highest BCUT2D eigenvalue weighted by Crippen LogP contribution is 2.14. The molecule has 0 bridgehead atoms. The molecule has 118 valence electrons. The van der Waals surface area contributed by atoms with Crippen molar-refractivity contribution < 1.29 is 14.7 Å². The molecule has 0 fully saturated rings. The second kappa shape index (κ2) is 12.8. The molecule has 0 radical (unpaired) electrons. The van der Waals surface area contributed by atoms with E-state index in [9.17, 15) is 9.59 Å². The van der Waals surface area contributed by atoms with Crippen molar-refractivity contribution in [1.29, 1.82) is 0 Å². The van der Waals surface area contributed by atoms with Crippen LogP contribution < -0.4 is 10.6 Å². The molecule has 0 saturated heterocycles.